The van der Waals surface area contributed by atoms with Gasteiger partial charge in [0.15, 0.2) is 5.76 Å². The summed E-state index contributed by atoms with van der Waals surface area (Å²) >= 11 is 3.50. The molecule has 0 atom stereocenters. The van der Waals surface area contributed by atoms with Crippen molar-refractivity contribution in [3.8, 4) is 22.8 Å². The standard InChI is InChI=1S/C29H26BrN3O2/c30-24-12-6-11-23(20-24)27-21-31-28(35-27)25-13-4-5-14-26(25)29(34)33-18-16-32(17-19-33)15-7-10-22-8-2-1-3-9-22/h1-14,20-21H,15-19H2/b10-7+. The first-order valence-electron chi connectivity index (χ1n) is 11.7. The minimum absolute atomic E-state index is 0.0160. The lowest BCUT2D eigenvalue weighted by atomic mass is 10.1. The molecule has 6 heteroatoms. The van der Waals surface area contributed by atoms with Crippen molar-refractivity contribution in [3.63, 3.8) is 0 Å². The van der Waals surface area contributed by atoms with Crippen molar-refractivity contribution in [2.75, 3.05) is 32.7 Å². The molecule has 3 aromatic carbocycles. The number of oxazole rings is 1. The van der Waals surface area contributed by atoms with Crippen molar-refractivity contribution in [1.82, 2.24) is 14.8 Å². The van der Waals surface area contributed by atoms with E-state index in [4.69, 9.17) is 4.42 Å². The van der Waals surface area contributed by atoms with Crippen LogP contribution in [0.2, 0.25) is 0 Å². The van der Waals surface area contributed by atoms with Crippen molar-refractivity contribution >= 4 is 27.9 Å². The molecule has 176 valence electrons. The van der Waals surface area contributed by atoms with Crippen molar-refractivity contribution in [2.24, 2.45) is 0 Å². The van der Waals surface area contributed by atoms with E-state index in [1.54, 1.807) is 6.20 Å². The number of halogens is 1. The van der Waals surface area contributed by atoms with Crippen LogP contribution in [0, 0.1) is 0 Å². The molecule has 1 aliphatic heterocycles. The van der Waals surface area contributed by atoms with Gasteiger partial charge in [-0.15, -0.1) is 0 Å². The van der Waals surface area contributed by atoms with Crippen molar-refractivity contribution < 1.29 is 9.21 Å². The van der Waals surface area contributed by atoms with E-state index in [2.05, 4.69) is 50.1 Å². The molecule has 2 heterocycles. The third-order valence-corrected chi connectivity index (χ3v) is 6.63. The number of benzene rings is 3. The van der Waals surface area contributed by atoms with Gasteiger partial charge >= 0.3 is 0 Å². The maximum absolute atomic E-state index is 13.4. The fourth-order valence-corrected chi connectivity index (χ4v) is 4.64. The summed E-state index contributed by atoms with van der Waals surface area (Å²) in [6, 6.07) is 25.7. The molecule has 35 heavy (non-hydrogen) atoms. The molecule has 5 rings (SSSR count). The second-order valence-electron chi connectivity index (χ2n) is 8.49. The Kier molecular flexibility index (Phi) is 7.21. The van der Waals surface area contributed by atoms with Crippen LogP contribution in [0.3, 0.4) is 0 Å². The number of rotatable bonds is 6. The van der Waals surface area contributed by atoms with Crippen LogP contribution in [-0.2, 0) is 0 Å². The molecule has 1 aromatic heterocycles. The maximum Gasteiger partial charge on any atom is 0.254 e. The number of carbonyl (C=O) groups is 1. The molecule has 1 amide bonds. The van der Waals surface area contributed by atoms with E-state index in [1.165, 1.54) is 5.56 Å². The van der Waals surface area contributed by atoms with Gasteiger partial charge in [0.05, 0.1) is 11.8 Å². The predicted molar refractivity (Wildman–Crippen MR) is 143 cm³/mol. The third kappa shape index (κ3) is 5.61. The molecule has 1 aliphatic rings. The smallest absolute Gasteiger partial charge is 0.254 e. The summed E-state index contributed by atoms with van der Waals surface area (Å²) in [5, 5.41) is 0. The van der Waals surface area contributed by atoms with Crippen molar-refractivity contribution in [2.45, 2.75) is 0 Å². The molecule has 0 bridgehead atoms. The minimum atomic E-state index is 0.0160. The van der Waals surface area contributed by atoms with Gasteiger partial charge in [-0.25, -0.2) is 4.98 Å². The highest BCUT2D eigenvalue weighted by molar-refractivity contribution is 9.10. The molecule has 5 nitrogen and oxygen atoms in total. The van der Waals surface area contributed by atoms with E-state index < -0.39 is 0 Å². The zero-order chi connectivity index (χ0) is 24.0. The van der Waals surface area contributed by atoms with E-state index in [9.17, 15) is 4.79 Å². The molecule has 0 unspecified atom stereocenters. The highest BCUT2D eigenvalue weighted by Gasteiger charge is 2.25. The van der Waals surface area contributed by atoms with Crippen LogP contribution in [0.15, 0.2) is 100 Å². The molecular formula is C29H26BrN3O2. The fourth-order valence-electron chi connectivity index (χ4n) is 4.24. The van der Waals surface area contributed by atoms with E-state index in [-0.39, 0.29) is 5.91 Å². The highest BCUT2D eigenvalue weighted by Crippen LogP contribution is 2.30. The predicted octanol–water partition coefficient (Wildman–Crippen LogP) is 6.24. The fraction of sp³-hybridized carbons (Fsp3) is 0.172. The Labute approximate surface area is 213 Å². The average Bonchev–Trinajstić information content (AvgIpc) is 3.40. The first kappa shape index (κ1) is 23.3. The van der Waals surface area contributed by atoms with Gasteiger partial charge in [-0.05, 0) is 29.8 Å². The summed E-state index contributed by atoms with van der Waals surface area (Å²) in [5.41, 5.74) is 3.46. The first-order valence-corrected chi connectivity index (χ1v) is 12.5. The maximum atomic E-state index is 13.4. The molecular weight excluding hydrogens is 502 g/mol. The van der Waals surface area contributed by atoms with Crippen LogP contribution in [0.4, 0.5) is 0 Å². The van der Waals surface area contributed by atoms with Gasteiger partial charge in [-0.1, -0.05) is 82.7 Å². The normalized spacial score (nSPS) is 14.5. The number of carbonyl (C=O) groups excluding carboxylic acids is 1. The zero-order valence-electron chi connectivity index (χ0n) is 19.3. The number of hydrogen-bond acceptors (Lipinski definition) is 4. The average molecular weight is 528 g/mol. The topological polar surface area (TPSA) is 49.6 Å². The highest BCUT2D eigenvalue weighted by atomic mass is 79.9. The molecule has 1 saturated heterocycles. The largest absolute Gasteiger partial charge is 0.436 e. The van der Waals surface area contributed by atoms with Gasteiger partial charge in [0.25, 0.3) is 5.91 Å². The Morgan fingerprint density at radius 1 is 0.943 bits per heavy atom. The number of hydrogen-bond donors (Lipinski definition) is 0. The van der Waals surface area contributed by atoms with Gasteiger partial charge in [0.2, 0.25) is 5.89 Å². The number of nitrogens with zero attached hydrogens (tertiary/aromatic N) is 3. The van der Waals surface area contributed by atoms with E-state index in [1.807, 2.05) is 71.6 Å². The van der Waals surface area contributed by atoms with Crippen molar-refractivity contribution in [3.05, 3.63) is 107 Å². The summed E-state index contributed by atoms with van der Waals surface area (Å²) in [6.45, 7) is 3.96. The molecule has 0 aliphatic carbocycles. The van der Waals surface area contributed by atoms with E-state index >= 15 is 0 Å². The molecule has 1 fully saturated rings. The van der Waals surface area contributed by atoms with Gasteiger partial charge in [0.1, 0.15) is 0 Å². The third-order valence-electron chi connectivity index (χ3n) is 6.14. The SMILES string of the molecule is O=C(c1ccccc1-c1ncc(-c2cccc(Br)c2)o1)N1CCN(C/C=C/c2ccccc2)CC1. The van der Waals surface area contributed by atoms with E-state index in [0.717, 1.165) is 29.7 Å². The second kappa shape index (κ2) is 10.8. The van der Waals surface area contributed by atoms with Crippen LogP contribution in [0.1, 0.15) is 15.9 Å². The lowest BCUT2D eigenvalue weighted by molar-refractivity contribution is 0.0651. The number of piperazine rings is 1. The number of amides is 1. The van der Waals surface area contributed by atoms with E-state index in [0.29, 0.717) is 35.9 Å². The van der Waals surface area contributed by atoms with Crippen LogP contribution in [-0.4, -0.2) is 53.4 Å². The summed E-state index contributed by atoms with van der Waals surface area (Å²) in [4.78, 5) is 22.2. The molecule has 0 saturated carbocycles. The Balaban J connectivity index is 1.25. The van der Waals surface area contributed by atoms with Crippen LogP contribution < -0.4 is 0 Å². The lowest BCUT2D eigenvalue weighted by Crippen LogP contribution is -2.48. The number of aromatic nitrogens is 1. The Morgan fingerprint density at radius 2 is 1.71 bits per heavy atom. The van der Waals surface area contributed by atoms with Gasteiger partial charge < -0.3 is 9.32 Å². The van der Waals surface area contributed by atoms with Gasteiger partial charge in [0, 0.05) is 48.3 Å². The monoisotopic (exact) mass is 527 g/mol. The minimum Gasteiger partial charge on any atom is -0.436 e. The summed E-state index contributed by atoms with van der Waals surface area (Å²) in [5.74, 6) is 1.14. The summed E-state index contributed by atoms with van der Waals surface area (Å²) in [6.07, 6.45) is 6.04. The van der Waals surface area contributed by atoms with Crippen LogP contribution >= 0.6 is 15.9 Å². The summed E-state index contributed by atoms with van der Waals surface area (Å²) < 4.78 is 7.04. The molecule has 4 aromatic rings. The first-order chi connectivity index (χ1) is 17.2. The Bertz CT molecular complexity index is 1320. The lowest BCUT2D eigenvalue weighted by Gasteiger charge is -2.34. The van der Waals surface area contributed by atoms with Crippen molar-refractivity contribution in [1.29, 1.82) is 0 Å². The zero-order valence-corrected chi connectivity index (χ0v) is 20.9. The van der Waals surface area contributed by atoms with Crippen LogP contribution in [0.5, 0.6) is 0 Å². The van der Waals surface area contributed by atoms with Crippen LogP contribution in [0.25, 0.3) is 28.9 Å². The second-order valence-corrected chi connectivity index (χ2v) is 9.41. The molecule has 0 spiro atoms. The Hall–Kier alpha value is -3.48. The van der Waals surface area contributed by atoms with Gasteiger partial charge in [-0.2, -0.15) is 0 Å². The van der Waals surface area contributed by atoms with Gasteiger partial charge in [-0.3, -0.25) is 9.69 Å². The Morgan fingerprint density at radius 3 is 2.51 bits per heavy atom. The quantitative estimate of drug-likeness (QED) is 0.297. The summed E-state index contributed by atoms with van der Waals surface area (Å²) in [7, 11) is 0. The molecule has 0 radical (unpaired) electrons. The molecule has 0 N–H and O–H groups in total.